The molecule has 1 aliphatic rings. The third-order valence-corrected chi connectivity index (χ3v) is 4.44. The van der Waals surface area contributed by atoms with Crippen LogP contribution in [0.5, 0.6) is 11.5 Å². The lowest BCUT2D eigenvalue weighted by atomic mass is 9.80. The van der Waals surface area contributed by atoms with E-state index in [2.05, 4.69) is 6.92 Å². The summed E-state index contributed by atoms with van der Waals surface area (Å²) in [4.78, 5) is 24.1. The smallest absolute Gasteiger partial charge is 0.313 e. The second-order valence-electron chi connectivity index (χ2n) is 7.15. The van der Waals surface area contributed by atoms with E-state index in [1.165, 1.54) is 0 Å². The van der Waals surface area contributed by atoms with E-state index in [-0.39, 0.29) is 29.8 Å². The van der Waals surface area contributed by atoms with Gasteiger partial charge >= 0.3 is 11.9 Å². The fourth-order valence-electron chi connectivity index (χ4n) is 2.69. The summed E-state index contributed by atoms with van der Waals surface area (Å²) in [6.07, 6.45) is 1.65. The summed E-state index contributed by atoms with van der Waals surface area (Å²) in [6.45, 7) is 9.17. The van der Waals surface area contributed by atoms with Gasteiger partial charge in [-0.15, -0.1) is 0 Å². The van der Waals surface area contributed by atoms with E-state index in [9.17, 15) is 9.59 Å². The molecule has 0 amide bonds. The lowest BCUT2D eigenvalue weighted by molar-refractivity contribution is -0.140. The van der Waals surface area contributed by atoms with E-state index >= 15 is 0 Å². The summed E-state index contributed by atoms with van der Waals surface area (Å²) < 4.78 is 11.1. The summed E-state index contributed by atoms with van der Waals surface area (Å²) in [7, 11) is 0. The zero-order valence-electron chi connectivity index (χ0n) is 15.1. The molecule has 0 radical (unpaired) electrons. The predicted octanol–water partition coefficient (Wildman–Crippen LogP) is 3.39. The van der Waals surface area contributed by atoms with E-state index in [0.29, 0.717) is 17.4 Å². The van der Waals surface area contributed by atoms with Gasteiger partial charge in [-0.2, -0.15) is 0 Å². The molecular formula is C19H27NO4. The molecule has 1 aromatic rings. The maximum absolute atomic E-state index is 12.1. The van der Waals surface area contributed by atoms with E-state index in [1.807, 2.05) is 6.07 Å². The third kappa shape index (κ3) is 3.78. The minimum absolute atomic E-state index is 0.111. The first kappa shape index (κ1) is 18.5. The normalized spacial score (nSPS) is 20.0. The molecule has 2 rings (SSSR count). The highest BCUT2D eigenvalue weighted by molar-refractivity contribution is 5.79. The molecule has 0 spiro atoms. The molecule has 1 aromatic carbocycles. The molecule has 5 nitrogen and oxygen atoms in total. The first-order valence-corrected chi connectivity index (χ1v) is 8.57. The summed E-state index contributed by atoms with van der Waals surface area (Å²) >= 11 is 0. The van der Waals surface area contributed by atoms with Crippen molar-refractivity contribution in [2.45, 2.75) is 53.5 Å². The minimum atomic E-state index is -0.356. The Morgan fingerprint density at radius 3 is 2.25 bits per heavy atom. The Morgan fingerprint density at radius 1 is 1.08 bits per heavy atom. The van der Waals surface area contributed by atoms with Gasteiger partial charge in [-0.25, -0.2) is 0 Å². The van der Waals surface area contributed by atoms with Crippen LogP contribution in [0.2, 0.25) is 0 Å². The van der Waals surface area contributed by atoms with Crippen LogP contribution in [0.1, 0.15) is 58.2 Å². The summed E-state index contributed by atoms with van der Waals surface area (Å²) in [5.41, 5.74) is 8.14. The Morgan fingerprint density at radius 2 is 1.67 bits per heavy atom. The van der Waals surface area contributed by atoms with Crippen molar-refractivity contribution >= 4 is 11.9 Å². The zero-order chi connectivity index (χ0) is 18.0. The first-order valence-electron chi connectivity index (χ1n) is 8.57. The van der Waals surface area contributed by atoms with Gasteiger partial charge in [-0.3, -0.25) is 9.59 Å². The fourth-order valence-corrected chi connectivity index (χ4v) is 2.69. The minimum Gasteiger partial charge on any atom is -0.422 e. The average molecular weight is 333 g/mol. The van der Waals surface area contributed by atoms with Crippen LogP contribution in [0.25, 0.3) is 0 Å². The van der Waals surface area contributed by atoms with Crippen LogP contribution < -0.4 is 15.2 Å². The van der Waals surface area contributed by atoms with Crippen molar-refractivity contribution < 1.29 is 19.1 Å². The van der Waals surface area contributed by atoms with Gasteiger partial charge in [0.25, 0.3) is 0 Å². The van der Waals surface area contributed by atoms with Crippen molar-refractivity contribution in [3.63, 3.8) is 0 Å². The monoisotopic (exact) mass is 333 g/mol. The Kier molecular flexibility index (Phi) is 5.65. The number of hydrogen-bond donors (Lipinski definition) is 1. The molecule has 5 heteroatoms. The van der Waals surface area contributed by atoms with Gasteiger partial charge in [-0.05, 0) is 30.4 Å². The standard InChI is InChI=1S/C19H27NO4/c1-10(2)18(21)23-15-9-8-13-14(7-6-12(5)16(13)20)17(15)24-19(22)11(3)4/h8-12,16H,6-7,20H2,1-5H3/t12?,16-/m1/s1. The maximum atomic E-state index is 12.1. The molecule has 0 heterocycles. The number of carbonyl (C=O) groups excluding carboxylic acids is 2. The quantitative estimate of drug-likeness (QED) is 0.675. The van der Waals surface area contributed by atoms with E-state index in [0.717, 1.165) is 24.0 Å². The number of fused-ring (bicyclic) bond motifs is 1. The zero-order valence-corrected chi connectivity index (χ0v) is 15.1. The molecule has 0 aliphatic heterocycles. The van der Waals surface area contributed by atoms with Crippen molar-refractivity contribution in [1.29, 1.82) is 0 Å². The van der Waals surface area contributed by atoms with Crippen LogP contribution in [0, 0.1) is 17.8 Å². The van der Waals surface area contributed by atoms with Gasteiger partial charge in [0.1, 0.15) is 0 Å². The number of ether oxygens (including phenoxy) is 2. The third-order valence-electron chi connectivity index (χ3n) is 4.44. The molecular weight excluding hydrogens is 306 g/mol. The molecule has 2 N–H and O–H groups in total. The van der Waals surface area contributed by atoms with Crippen LogP contribution in [-0.2, 0) is 16.0 Å². The van der Waals surface area contributed by atoms with Gasteiger partial charge in [0.15, 0.2) is 11.5 Å². The lowest BCUT2D eigenvalue weighted by Gasteiger charge is -2.30. The van der Waals surface area contributed by atoms with E-state index in [1.54, 1.807) is 33.8 Å². The fraction of sp³-hybridized carbons (Fsp3) is 0.579. The Bertz CT molecular complexity index is 636. The molecule has 0 fully saturated rings. The number of nitrogens with two attached hydrogens (primary N) is 1. The molecule has 0 bridgehead atoms. The molecule has 24 heavy (non-hydrogen) atoms. The van der Waals surface area contributed by atoms with E-state index in [4.69, 9.17) is 15.2 Å². The van der Waals surface area contributed by atoms with Crippen molar-refractivity contribution in [2.24, 2.45) is 23.5 Å². The predicted molar refractivity (Wildman–Crippen MR) is 91.8 cm³/mol. The summed E-state index contributed by atoms with van der Waals surface area (Å²) in [6, 6.07) is 3.45. The van der Waals surface area contributed by atoms with Crippen molar-refractivity contribution in [3.05, 3.63) is 23.3 Å². The average Bonchev–Trinajstić information content (AvgIpc) is 2.52. The molecule has 2 atom stereocenters. The second-order valence-corrected chi connectivity index (χ2v) is 7.15. The van der Waals surface area contributed by atoms with Gasteiger partial charge in [0.2, 0.25) is 0 Å². The SMILES string of the molecule is CC(C)C(=O)Oc1ccc2c(c1OC(=O)C(C)C)CCC(C)[C@H]2N. The topological polar surface area (TPSA) is 78.6 Å². The number of rotatable bonds is 4. The Hall–Kier alpha value is -1.88. The van der Waals surface area contributed by atoms with Crippen LogP contribution in [0.15, 0.2) is 12.1 Å². The summed E-state index contributed by atoms with van der Waals surface area (Å²) in [5.74, 6) is -0.244. The molecule has 132 valence electrons. The summed E-state index contributed by atoms with van der Waals surface area (Å²) in [5, 5.41) is 0. The van der Waals surface area contributed by atoms with Crippen molar-refractivity contribution in [1.82, 2.24) is 0 Å². The van der Waals surface area contributed by atoms with Gasteiger partial charge in [0.05, 0.1) is 11.8 Å². The lowest BCUT2D eigenvalue weighted by Crippen LogP contribution is -2.27. The highest BCUT2D eigenvalue weighted by Gasteiger charge is 2.30. The Balaban J connectivity index is 2.47. The number of benzene rings is 1. The van der Waals surface area contributed by atoms with Crippen LogP contribution in [-0.4, -0.2) is 11.9 Å². The highest BCUT2D eigenvalue weighted by atomic mass is 16.6. The van der Waals surface area contributed by atoms with Gasteiger partial charge in [-0.1, -0.05) is 40.7 Å². The molecule has 0 saturated heterocycles. The van der Waals surface area contributed by atoms with Gasteiger partial charge in [0, 0.05) is 11.6 Å². The molecule has 0 saturated carbocycles. The maximum Gasteiger partial charge on any atom is 0.313 e. The number of esters is 2. The van der Waals surface area contributed by atoms with Crippen LogP contribution in [0.4, 0.5) is 0 Å². The highest BCUT2D eigenvalue weighted by Crippen LogP contribution is 2.42. The van der Waals surface area contributed by atoms with Crippen molar-refractivity contribution in [3.8, 4) is 11.5 Å². The Labute approximate surface area is 143 Å². The molecule has 1 aliphatic carbocycles. The van der Waals surface area contributed by atoms with Gasteiger partial charge < -0.3 is 15.2 Å². The van der Waals surface area contributed by atoms with Crippen LogP contribution in [0.3, 0.4) is 0 Å². The number of hydrogen-bond acceptors (Lipinski definition) is 5. The number of carbonyl (C=O) groups is 2. The van der Waals surface area contributed by atoms with Crippen LogP contribution >= 0.6 is 0 Å². The largest absolute Gasteiger partial charge is 0.422 e. The second kappa shape index (κ2) is 7.34. The first-order chi connectivity index (χ1) is 11.2. The van der Waals surface area contributed by atoms with E-state index < -0.39 is 0 Å². The molecule has 0 aromatic heterocycles. The van der Waals surface area contributed by atoms with Crippen molar-refractivity contribution in [2.75, 3.05) is 0 Å². The molecule has 1 unspecified atom stereocenters.